The first kappa shape index (κ1) is 12.7. The Morgan fingerprint density at radius 3 is 2.65 bits per heavy atom. The lowest BCUT2D eigenvalue weighted by Gasteiger charge is -2.18. The molecule has 17 heavy (non-hydrogen) atoms. The van der Waals surface area contributed by atoms with E-state index >= 15 is 0 Å². The Bertz CT molecular complexity index is 482. The number of benzene rings is 1. The van der Waals surface area contributed by atoms with Gasteiger partial charge in [0, 0.05) is 9.35 Å². The Morgan fingerprint density at radius 1 is 1.29 bits per heavy atom. The van der Waals surface area contributed by atoms with Crippen molar-refractivity contribution in [3.8, 4) is 0 Å². The number of halogens is 1. The van der Waals surface area contributed by atoms with Crippen LogP contribution in [0.25, 0.3) is 0 Å². The van der Waals surface area contributed by atoms with Crippen LogP contribution in [0.15, 0.2) is 34.1 Å². The molecule has 0 saturated carbocycles. The van der Waals surface area contributed by atoms with Gasteiger partial charge >= 0.3 is 0 Å². The van der Waals surface area contributed by atoms with E-state index in [0.717, 1.165) is 4.47 Å². The molecule has 1 heterocycles. The fourth-order valence-electron chi connectivity index (χ4n) is 1.92. The maximum atomic E-state index is 3.63. The van der Waals surface area contributed by atoms with E-state index in [9.17, 15) is 0 Å². The molecule has 0 aliphatic rings. The molecule has 1 N–H and O–H groups in total. The lowest BCUT2D eigenvalue weighted by atomic mass is 10.1. The van der Waals surface area contributed by atoms with Crippen LogP contribution in [0.4, 0.5) is 5.69 Å². The summed E-state index contributed by atoms with van der Waals surface area (Å²) < 4.78 is 1.14. The van der Waals surface area contributed by atoms with Crippen LogP contribution in [0.5, 0.6) is 0 Å². The zero-order chi connectivity index (χ0) is 12.4. The molecule has 3 heteroatoms. The molecule has 2 aromatic rings. The third-order valence-electron chi connectivity index (χ3n) is 2.76. The van der Waals surface area contributed by atoms with Crippen LogP contribution in [0.3, 0.4) is 0 Å². The summed E-state index contributed by atoms with van der Waals surface area (Å²) in [6.07, 6.45) is 0. The van der Waals surface area contributed by atoms with Crippen LogP contribution in [-0.4, -0.2) is 0 Å². The molecule has 0 aliphatic carbocycles. The summed E-state index contributed by atoms with van der Waals surface area (Å²) in [7, 11) is 0. The van der Waals surface area contributed by atoms with Crippen LogP contribution < -0.4 is 5.32 Å². The number of thiophene rings is 1. The summed E-state index contributed by atoms with van der Waals surface area (Å²) in [6, 6.07) is 8.95. The van der Waals surface area contributed by atoms with Crippen LogP contribution >= 0.6 is 27.3 Å². The molecule has 1 aromatic heterocycles. The van der Waals surface area contributed by atoms with Crippen molar-refractivity contribution in [2.75, 3.05) is 5.32 Å². The molecule has 2 rings (SSSR count). The van der Waals surface area contributed by atoms with Gasteiger partial charge in [0.05, 0.1) is 11.7 Å². The molecule has 90 valence electrons. The van der Waals surface area contributed by atoms with Crippen molar-refractivity contribution in [2.45, 2.75) is 26.8 Å². The molecule has 1 aromatic carbocycles. The molecular weight excluding hydrogens is 294 g/mol. The minimum Gasteiger partial charge on any atom is -0.377 e. The molecule has 0 fully saturated rings. The van der Waals surface area contributed by atoms with Crippen molar-refractivity contribution in [1.82, 2.24) is 0 Å². The molecule has 1 nitrogen and oxygen atoms in total. The summed E-state index contributed by atoms with van der Waals surface area (Å²) in [6.45, 7) is 6.45. The predicted molar refractivity (Wildman–Crippen MR) is 80.0 cm³/mol. The van der Waals surface area contributed by atoms with Crippen molar-refractivity contribution in [3.05, 3.63) is 50.1 Å². The Kier molecular flexibility index (Phi) is 3.89. The maximum Gasteiger partial charge on any atom is 0.0578 e. The highest BCUT2D eigenvalue weighted by Gasteiger charge is 2.10. The third-order valence-corrected chi connectivity index (χ3v) is 4.44. The molecule has 0 amide bonds. The Morgan fingerprint density at radius 2 is 2.06 bits per heavy atom. The van der Waals surface area contributed by atoms with Crippen molar-refractivity contribution in [2.24, 2.45) is 0 Å². The van der Waals surface area contributed by atoms with Gasteiger partial charge in [0.2, 0.25) is 0 Å². The average molecular weight is 310 g/mol. The highest BCUT2D eigenvalue weighted by atomic mass is 79.9. The van der Waals surface area contributed by atoms with E-state index in [1.165, 1.54) is 21.7 Å². The lowest BCUT2D eigenvalue weighted by molar-refractivity contribution is 0.904. The second-order valence-electron chi connectivity index (χ2n) is 4.32. The number of aryl methyl sites for hydroxylation is 2. The monoisotopic (exact) mass is 309 g/mol. The average Bonchev–Trinajstić information content (AvgIpc) is 2.76. The van der Waals surface area contributed by atoms with Crippen LogP contribution in [0.2, 0.25) is 0 Å². The van der Waals surface area contributed by atoms with Crippen molar-refractivity contribution >= 4 is 33.0 Å². The molecular formula is C14H16BrNS. The van der Waals surface area contributed by atoms with Gasteiger partial charge in [-0.05, 0) is 65.3 Å². The number of anilines is 1. The van der Waals surface area contributed by atoms with Gasteiger partial charge in [0.15, 0.2) is 0 Å². The largest absolute Gasteiger partial charge is 0.377 e. The first-order valence-corrected chi connectivity index (χ1v) is 7.32. The van der Waals surface area contributed by atoms with Gasteiger partial charge in [-0.3, -0.25) is 0 Å². The number of nitrogens with one attached hydrogen (secondary N) is 1. The molecule has 0 radical (unpaired) electrons. The number of hydrogen-bond donors (Lipinski definition) is 1. The zero-order valence-corrected chi connectivity index (χ0v) is 12.7. The van der Waals surface area contributed by atoms with Gasteiger partial charge in [0.25, 0.3) is 0 Å². The molecule has 1 unspecified atom stereocenters. The first-order valence-electron chi connectivity index (χ1n) is 5.64. The van der Waals surface area contributed by atoms with Crippen LogP contribution in [0.1, 0.15) is 29.0 Å². The summed E-state index contributed by atoms with van der Waals surface area (Å²) in [5.74, 6) is 0. The van der Waals surface area contributed by atoms with E-state index < -0.39 is 0 Å². The number of hydrogen-bond acceptors (Lipinski definition) is 2. The van der Waals surface area contributed by atoms with Gasteiger partial charge in [-0.1, -0.05) is 12.1 Å². The van der Waals surface area contributed by atoms with Crippen molar-refractivity contribution in [3.63, 3.8) is 0 Å². The quantitative estimate of drug-likeness (QED) is 0.811. The lowest BCUT2D eigenvalue weighted by Crippen LogP contribution is -2.06. The number of rotatable bonds is 3. The van der Waals surface area contributed by atoms with Gasteiger partial charge in [-0.25, -0.2) is 0 Å². The minimum atomic E-state index is 0.340. The second kappa shape index (κ2) is 5.23. The van der Waals surface area contributed by atoms with Crippen LogP contribution in [0, 0.1) is 13.8 Å². The molecule has 0 spiro atoms. The summed E-state index contributed by atoms with van der Waals surface area (Å²) in [4.78, 5) is 1.36. The summed E-state index contributed by atoms with van der Waals surface area (Å²) in [5.41, 5.74) is 3.75. The van der Waals surface area contributed by atoms with E-state index in [4.69, 9.17) is 0 Å². The molecule has 0 bridgehead atoms. The molecule has 0 saturated heterocycles. The molecule has 0 aliphatic heterocycles. The first-order chi connectivity index (χ1) is 8.08. The van der Waals surface area contributed by atoms with E-state index in [1.54, 1.807) is 11.3 Å². The minimum absolute atomic E-state index is 0.340. The van der Waals surface area contributed by atoms with Gasteiger partial charge in [-0.2, -0.15) is 0 Å². The topological polar surface area (TPSA) is 12.0 Å². The van der Waals surface area contributed by atoms with E-state index in [0.29, 0.717) is 6.04 Å². The van der Waals surface area contributed by atoms with Gasteiger partial charge in [-0.15, -0.1) is 11.3 Å². The smallest absolute Gasteiger partial charge is 0.0578 e. The maximum absolute atomic E-state index is 3.63. The van der Waals surface area contributed by atoms with Crippen LogP contribution in [-0.2, 0) is 0 Å². The van der Waals surface area contributed by atoms with Crippen molar-refractivity contribution in [1.29, 1.82) is 0 Å². The Hall–Kier alpha value is -0.800. The SMILES string of the molecule is Cc1cc(C)c(NC(C)c2cccs2)c(Br)c1. The van der Waals surface area contributed by atoms with Crippen molar-refractivity contribution < 1.29 is 0 Å². The fourth-order valence-corrected chi connectivity index (χ4v) is 3.45. The van der Waals surface area contributed by atoms with E-state index in [-0.39, 0.29) is 0 Å². The normalized spacial score (nSPS) is 12.5. The third kappa shape index (κ3) is 2.90. The summed E-state index contributed by atoms with van der Waals surface area (Å²) in [5, 5.41) is 5.69. The Labute approximate surface area is 115 Å². The van der Waals surface area contributed by atoms with Gasteiger partial charge < -0.3 is 5.32 Å². The van der Waals surface area contributed by atoms with E-state index in [2.05, 4.69) is 71.7 Å². The zero-order valence-electron chi connectivity index (χ0n) is 10.3. The standard InChI is InChI=1S/C14H16BrNS/c1-9-7-10(2)14(12(15)8-9)16-11(3)13-5-4-6-17-13/h4-8,11,16H,1-3H3. The highest BCUT2D eigenvalue weighted by molar-refractivity contribution is 9.10. The Balaban J connectivity index is 2.25. The predicted octanol–water partition coefficient (Wildman–Crippen LogP) is 5.30. The second-order valence-corrected chi connectivity index (χ2v) is 6.15. The van der Waals surface area contributed by atoms with E-state index in [1.807, 2.05) is 0 Å². The highest BCUT2D eigenvalue weighted by Crippen LogP contribution is 2.31. The molecule has 1 atom stereocenters. The fraction of sp³-hybridized carbons (Fsp3) is 0.286. The summed E-state index contributed by atoms with van der Waals surface area (Å²) >= 11 is 5.42. The van der Waals surface area contributed by atoms with Gasteiger partial charge in [0.1, 0.15) is 0 Å².